The van der Waals surface area contributed by atoms with Crippen molar-refractivity contribution in [3.05, 3.63) is 112 Å². The molecular formula is C24H22N6O2. The molecule has 4 rings (SSSR count). The molecule has 0 bridgehead atoms. The van der Waals surface area contributed by atoms with Crippen molar-refractivity contribution in [1.29, 1.82) is 0 Å². The van der Waals surface area contributed by atoms with Gasteiger partial charge in [0.25, 0.3) is 0 Å². The highest BCUT2D eigenvalue weighted by molar-refractivity contribution is 5.73. The summed E-state index contributed by atoms with van der Waals surface area (Å²) in [6, 6.07) is 23.2. The lowest BCUT2D eigenvalue weighted by molar-refractivity contribution is -0.383. The lowest BCUT2D eigenvalue weighted by Gasteiger charge is -2.24. The van der Waals surface area contributed by atoms with Crippen molar-refractivity contribution in [2.75, 3.05) is 10.2 Å². The van der Waals surface area contributed by atoms with E-state index in [1.54, 1.807) is 12.3 Å². The smallest absolute Gasteiger partial charge is 0.342 e. The van der Waals surface area contributed by atoms with Crippen LogP contribution in [-0.2, 0) is 13.1 Å². The van der Waals surface area contributed by atoms with Crippen LogP contribution in [0.25, 0.3) is 0 Å². The van der Waals surface area contributed by atoms with E-state index in [1.807, 2.05) is 78.6 Å². The maximum Gasteiger partial charge on any atom is 0.353 e. The van der Waals surface area contributed by atoms with Crippen LogP contribution in [0.2, 0.25) is 0 Å². The average Bonchev–Trinajstić information content (AvgIpc) is 2.81. The molecule has 0 saturated carbocycles. The summed E-state index contributed by atoms with van der Waals surface area (Å²) >= 11 is 0. The largest absolute Gasteiger partial charge is 0.353 e. The predicted octanol–water partition coefficient (Wildman–Crippen LogP) is 5.04. The maximum absolute atomic E-state index is 12.1. The van der Waals surface area contributed by atoms with Crippen molar-refractivity contribution in [3.63, 3.8) is 0 Å². The van der Waals surface area contributed by atoms with Crippen LogP contribution in [0.4, 0.5) is 23.1 Å². The molecule has 0 aliphatic heterocycles. The van der Waals surface area contributed by atoms with Crippen LogP contribution in [0.1, 0.15) is 16.7 Å². The van der Waals surface area contributed by atoms with Gasteiger partial charge in [-0.1, -0.05) is 66.7 Å². The van der Waals surface area contributed by atoms with Crippen LogP contribution in [0, 0.1) is 17.0 Å². The number of nitro groups is 1. The van der Waals surface area contributed by atoms with Gasteiger partial charge in [-0.15, -0.1) is 0 Å². The van der Waals surface area contributed by atoms with Gasteiger partial charge >= 0.3 is 5.69 Å². The van der Waals surface area contributed by atoms with Crippen molar-refractivity contribution in [2.24, 2.45) is 0 Å². The molecular weight excluding hydrogens is 404 g/mol. The van der Waals surface area contributed by atoms with Gasteiger partial charge in [-0.25, -0.2) is 15.0 Å². The second-order valence-corrected chi connectivity index (χ2v) is 7.32. The molecule has 1 N–H and O–H groups in total. The van der Waals surface area contributed by atoms with Gasteiger partial charge in [0.05, 0.1) is 4.92 Å². The SMILES string of the molecule is Cc1ccc(Nc2ncnc(N(Cc3ccccc3)Cc3ccccc3)c2[N+](=O)[O-])nc1. The first kappa shape index (κ1) is 20.9. The number of anilines is 3. The second-order valence-electron chi connectivity index (χ2n) is 7.32. The number of aryl methyl sites for hydroxylation is 1. The fourth-order valence-corrected chi connectivity index (χ4v) is 3.34. The summed E-state index contributed by atoms with van der Waals surface area (Å²) in [5, 5.41) is 15.1. The van der Waals surface area contributed by atoms with E-state index in [0.717, 1.165) is 16.7 Å². The molecule has 0 fully saturated rings. The molecule has 8 heteroatoms. The number of nitrogens with zero attached hydrogens (tertiary/aromatic N) is 5. The zero-order chi connectivity index (χ0) is 22.3. The molecule has 0 aliphatic carbocycles. The van der Waals surface area contributed by atoms with Gasteiger partial charge in [-0.05, 0) is 29.7 Å². The third-order valence-corrected chi connectivity index (χ3v) is 4.88. The first-order chi connectivity index (χ1) is 15.6. The molecule has 2 aromatic heterocycles. The summed E-state index contributed by atoms with van der Waals surface area (Å²) in [6.07, 6.45) is 3.02. The number of pyridine rings is 1. The molecule has 160 valence electrons. The molecule has 0 amide bonds. The topological polar surface area (TPSA) is 97.1 Å². The Morgan fingerprint density at radius 1 is 0.875 bits per heavy atom. The monoisotopic (exact) mass is 426 g/mol. The maximum atomic E-state index is 12.1. The van der Waals surface area contributed by atoms with Crippen molar-refractivity contribution < 1.29 is 4.92 Å². The van der Waals surface area contributed by atoms with Gasteiger partial charge in [-0.3, -0.25) is 10.1 Å². The summed E-state index contributed by atoms with van der Waals surface area (Å²) in [4.78, 5) is 26.3. The molecule has 2 aromatic carbocycles. The minimum Gasteiger partial charge on any atom is -0.342 e. The van der Waals surface area contributed by atoms with Gasteiger partial charge in [0.1, 0.15) is 12.1 Å². The number of nitrogens with one attached hydrogen (secondary N) is 1. The van der Waals surface area contributed by atoms with Gasteiger partial charge < -0.3 is 10.2 Å². The van der Waals surface area contributed by atoms with Crippen molar-refractivity contribution in [1.82, 2.24) is 15.0 Å². The Morgan fingerprint density at radius 3 is 2.03 bits per heavy atom. The van der Waals surface area contributed by atoms with E-state index in [9.17, 15) is 10.1 Å². The van der Waals surface area contributed by atoms with Crippen molar-refractivity contribution >= 4 is 23.1 Å². The molecule has 0 saturated heterocycles. The third-order valence-electron chi connectivity index (χ3n) is 4.88. The predicted molar refractivity (Wildman–Crippen MR) is 124 cm³/mol. The number of rotatable bonds is 8. The van der Waals surface area contributed by atoms with Crippen LogP contribution < -0.4 is 10.2 Å². The Labute approximate surface area is 185 Å². The van der Waals surface area contributed by atoms with Crippen LogP contribution in [0.3, 0.4) is 0 Å². The van der Waals surface area contributed by atoms with E-state index >= 15 is 0 Å². The van der Waals surface area contributed by atoms with Gasteiger partial charge in [0.15, 0.2) is 0 Å². The van der Waals surface area contributed by atoms with Crippen LogP contribution >= 0.6 is 0 Å². The molecule has 8 nitrogen and oxygen atoms in total. The molecule has 0 atom stereocenters. The number of benzene rings is 2. The Morgan fingerprint density at radius 2 is 1.50 bits per heavy atom. The summed E-state index contributed by atoms with van der Waals surface area (Å²) in [5.41, 5.74) is 2.84. The summed E-state index contributed by atoms with van der Waals surface area (Å²) < 4.78 is 0. The number of hydrogen-bond acceptors (Lipinski definition) is 7. The van der Waals surface area contributed by atoms with E-state index in [0.29, 0.717) is 18.9 Å². The molecule has 0 radical (unpaired) electrons. The van der Waals surface area contributed by atoms with Gasteiger partial charge in [0.2, 0.25) is 11.6 Å². The van der Waals surface area contributed by atoms with E-state index < -0.39 is 4.92 Å². The number of aromatic nitrogens is 3. The quantitative estimate of drug-likeness (QED) is 0.311. The molecule has 32 heavy (non-hydrogen) atoms. The minimum absolute atomic E-state index is 0.0995. The summed E-state index contributed by atoms with van der Waals surface area (Å²) in [7, 11) is 0. The normalized spacial score (nSPS) is 10.5. The Balaban J connectivity index is 1.75. The standard InChI is InChI=1S/C24H22N6O2/c1-18-12-13-21(25-14-18)28-23-22(30(31)32)24(27-17-26-23)29(15-19-8-4-2-5-9-19)16-20-10-6-3-7-11-20/h2-14,17H,15-16H2,1H3,(H,25,26,27,28). The highest BCUT2D eigenvalue weighted by atomic mass is 16.6. The lowest BCUT2D eigenvalue weighted by Crippen LogP contribution is -2.24. The molecule has 4 aromatic rings. The van der Waals surface area contributed by atoms with Crippen LogP contribution in [-0.4, -0.2) is 19.9 Å². The lowest BCUT2D eigenvalue weighted by atomic mass is 10.1. The van der Waals surface area contributed by atoms with E-state index in [4.69, 9.17) is 0 Å². The van der Waals surface area contributed by atoms with Crippen LogP contribution in [0.15, 0.2) is 85.3 Å². The zero-order valence-electron chi connectivity index (χ0n) is 17.5. The van der Waals surface area contributed by atoms with E-state index in [-0.39, 0.29) is 17.3 Å². The van der Waals surface area contributed by atoms with Crippen LogP contribution in [0.5, 0.6) is 0 Å². The van der Waals surface area contributed by atoms with E-state index in [1.165, 1.54) is 6.33 Å². The Bertz CT molecular complexity index is 1140. The fraction of sp³-hybridized carbons (Fsp3) is 0.125. The zero-order valence-corrected chi connectivity index (χ0v) is 17.5. The molecule has 0 spiro atoms. The summed E-state index contributed by atoms with van der Waals surface area (Å²) in [6.45, 7) is 2.83. The first-order valence-corrected chi connectivity index (χ1v) is 10.1. The van der Waals surface area contributed by atoms with E-state index in [2.05, 4.69) is 20.3 Å². The summed E-state index contributed by atoms with van der Waals surface area (Å²) in [5.74, 6) is 0.816. The minimum atomic E-state index is -0.450. The highest BCUT2D eigenvalue weighted by Gasteiger charge is 2.27. The van der Waals surface area contributed by atoms with Crippen molar-refractivity contribution in [2.45, 2.75) is 20.0 Å². The molecule has 0 unspecified atom stereocenters. The Hall–Kier alpha value is -4.33. The Kier molecular flexibility index (Phi) is 6.31. The van der Waals surface area contributed by atoms with Crippen molar-refractivity contribution in [3.8, 4) is 0 Å². The molecule has 2 heterocycles. The number of hydrogen-bond donors (Lipinski definition) is 1. The molecule has 0 aliphatic rings. The van der Waals surface area contributed by atoms with Gasteiger partial charge in [-0.2, -0.15) is 0 Å². The third kappa shape index (κ3) is 5.04. The first-order valence-electron chi connectivity index (χ1n) is 10.1. The highest BCUT2D eigenvalue weighted by Crippen LogP contribution is 2.34. The second kappa shape index (κ2) is 9.65. The average molecular weight is 426 g/mol. The fourth-order valence-electron chi connectivity index (χ4n) is 3.34. The van der Waals surface area contributed by atoms with Gasteiger partial charge in [0, 0.05) is 19.3 Å².